The van der Waals surface area contributed by atoms with Gasteiger partial charge < -0.3 is 29.9 Å². The van der Waals surface area contributed by atoms with Crippen molar-refractivity contribution in [1.29, 1.82) is 0 Å². The first-order chi connectivity index (χ1) is 19.8. The zero-order chi connectivity index (χ0) is 30.8. The number of hydrogen-bond donors (Lipinski definition) is 3. The molecule has 2 aromatic carbocycles. The smallest absolute Gasteiger partial charge is 0.264 e. The van der Waals surface area contributed by atoms with Crippen LogP contribution < -0.4 is 16.0 Å². The minimum absolute atomic E-state index is 0.162. The van der Waals surface area contributed by atoms with E-state index in [4.69, 9.17) is 10.5 Å². The number of benzene rings is 2. The van der Waals surface area contributed by atoms with Crippen LogP contribution in [-0.2, 0) is 15.1 Å². The number of allylic oxidation sites excluding steroid dienone is 3. The molecule has 1 fully saturated rings. The van der Waals surface area contributed by atoms with Gasteiger partial charge in [-0.25, -0.2) is 0 Å². The van der Waals surface area contributed by atoms with Crippen LogP contribution in [0, 0.1) is 5.92 Å². The number of fused-ring (bicyclic) bond motifs is 2. The van der Waals surface area contributed by atoms with Crippen molar-refractivity contribution in [3.05, 3.63) is 76.9 Å². The Balaban J connectivity index is 1.74. The van der Waals surface area contributed by atoms with Crippen molar-refractivity contribution >= 4 is 37.3 Å². The molecule has 226 valence electrons. The molecule has 0 unspecified atom stereocenters. The van der Waals surface area contributed by atoms with Gasteiger partial charge in [-0.15, -0.1) is 0 Å². The largest absolute Gasteiger partial charge is 0.399 e. The second-order valence-corrected chi connectivity index (χ2v) is 16.2. The quantitative estimate of drug-likeness (QED) is 0.123. The Hall–Kier alpha value is -3.27. The molecule has 9 heteroatoms. The molecule has 1 spiro atoms. The van der Waals surface area contributed by atoms with E-state index < -0.39 is 31.6 Å². The zero-order valence-corrected chi connectivity index (χ0v) is 26.5. The van der Waals surface area contributed by atoms with E-state index in [0.717, 1.165) is 12.8 Å². The summed E-state index contributed by atoms with van der Waals surface area (Å²) in [6, 6.07) is 12.0. The molecule has 0 bridgehead atoms. The molecule has 0 aromatic heterocycles. The van der Waals surface area contributed by atoms with Gasteiger partial charge in [-0.3, -0.25) is 9.59 Å². The second kappa shape index (κ2) is 12.5. The molecule has 4 atom stereocenters. The van der Waals surface area contributed by atoms with Crippen LogP contribution in [-0.4, -0.2) is 44.6 Å². The maximum absolute atomic E-state index is 15.8. The summed E-state index contributed by atoms with van der Waals surface area (Å²) in [5.74, 6) is -1.01. The molecule has 2 aromatic rings. The Morgan fingerprint density at radius 3 is 2.48 bits per heavy atom. The van der Waals surface area contributed by atoms with E-state index >= 15 is 4.11 Å². The number of hydrogen-bond acceptors (Lipinski definition) is 5. The Labute approximate surface area is 249 Å². The predicted molar refractivity (Wildman–Crippen MR) is 170 cm³/mol. The summed E-state index contributed by atoms with van der Waals surface area (Å²) in [7, 11) is -3.31. The predicted octanol–water partition coefficient (Wildman–Crippen LogP) is 6.72. The number of amides is 2. The van der Waals surface area contributed by atoms with E-state index in [1.165, 1.54) is 11.1 Å². The van der Waals surface area contributed by atoms with E-state index in [2.05, 4.69) is 38.2 Å². The van der Waals surface area contributed by atoms with E-state index in [1.807, 2.05) is 13.0 Å². The fraction of sp³-hybridized carbons (Fsp3) is 0.455. The lowest BCUT2D eigenvalue weighted by Gasteiger charge is -2.31. The number of anilines is 3. The van der Waals surface area contributed by atoms with Crippen molar-refractivity contribution in [3.8, 4) is 0 Å². The molecule has 0 saturated carbocycles. The first kappa shape index (κ1) is 31.7. The Morgan fingerprint density at radius 1 is 1.17 bits per heavy atom. The van der Waals surface area contributed by atoms with Crippen LogP contribution in [0.1, 0.15) is 62.9 Å². The summed E-state index contributed by atoms with van der Waals surface area (Å²) in [6.07, 6.45) is 5.72. The fourth-order valence-corrected chi connectivity index (χ4v) is 9.02. The number of nitrogen functional groups attached to an aromatic ring is 1. The van der Waals surface area contributed by atoms with E-state index in [0.29, 0.717) is 34.7 Å². The van der Waals surface area contributed by atoms with E-state index in [-0.39, 0.29) is 24.8 Å². The molecule has 2 heterocycles. The van der Waals surface area contributed by atoms with Gasteiger partial charge in [-0.05, 0) is 95.6 Å². The number of nitrogens with zero attached hydrogens (tertiary/aromatic N) is 1. The number of rotatable bonds is 10. The average molecular weight is 594 g/mol. The standard InChI is InChI=1S/C33H44FN3O4Si/c1-21(2)8-7-9-22(3)16-18-37-28-15-14-26(36-31(39)24-10-12-25(35)13-11-24)20-27(28)33(32(37)40)23(4)30(42(5,6)34)29(41-33)17-19-38/h8,10-16,20,23,29-30,38H,7,9,17-19,35H2,1-6H3,(H,36,39)/b22-16+/t23-,29+,30-,33+/m1/s1. The van der Waals surface area contributed by atoms with Gasteiger partial charge in [-0.1, -0.05) is 30.2 Å². The van der Waals surface area contributed by atoms with Crippen LogP contribution in [0.15, 0.2) is 65.8 Å². The molecule has 0 radical (unpaired) electrons. The SMILES string of the molecule is CC(C)=CCC/C(C)=C/CN1C(=O)[C@@]2(O[C@@H](CCO)[C@H]([Si](C)(C)F)[C@H]2C)c2cc(NC(=O)c3ccc(N)cc3)ccc21. The highest BCUT2D eigenvalue weighted by atomic mass is 28.4. The van der Waals surface area contributed by atoms with Gasteiger partial charge in [0.05, 0.1) is 11.8 Å². The molecule has 1 saturated heterocycles. The van der Waals surface area contributed by atoms with Gasteiger partial charge in [0.1, 0.15) is 0 Å². The summed E-state index contributed by atoms with van der Waals surface area (Å²) >= 11 is 0. The molecule has 2 amide bonds. The number of nitrogens with two attached hydrogens (primary N) is 1. The third kappa shape index (κ3) is 6.23. The van der Waals surface area contributed by atoms with Crippen molar-refractivity contribution in [1.82, 2.24) is 0 Å². The van der Waals surface area contributed by atoms with E-state index in [9.17, 15) is 14.7 Å². The zero-order valence-electron chi connectivity index (χ0n) is 25.5. The Kier molecular flexibility index (Phi) is 9.45. The molecular formula is C33H44FN3O4Si. The average Bonchev–Trinajstić information content (AvgIpc) is 3.34. The number of carbonyl (C=O) groups is 2. The van der Waals surface area contributed by atoms with Crippen molar-refractivity contribution in [2.24, 2.45) is 5.92 Å². The summed E-state index contributed by atoms with van der Waals surface area (Å²) in [5.41, 5.74) is 9.13. The molecule has 7 nitrogen and oxygen atoms in total. The Morgan fingerprint density at radius 2 is 1.86 bits per heavy atom. The lowest BCUT2D eigenvalue weighted by atomic mass is 9.82. The lowest BCUT2D eigenvalue weighted by molar-refractivity contribution is -0.146. The first-order valence-corrected chi connectivity index (χ1v) is 17.6. The number of carbonyl (C=O) groups excluding carboxylic acids is 2. The monoisotopic (exact) mass is 593 g/mol. The molecule has 42 heavy (non-hydrogen) atoms. The Bertz CT molecular complexity index is 1380. The van der Waals surface area contributed by atoms with Crippen molar-refractivity contribution in [2.45, 2.75) is 77.3 Å². The van der Waals surface area contributed by atoms with Gasteiger partial charge in [0.25, 0.3) is 11.8 Å². The van der Waals surface area contributed by atoms with Gasteiger partial charge >= 0.3 is 0 Å². The van der Waals surface area contributed by atoms with Crippen molar-refractivity contribution < 1.29 is 23.5 Å². The molecule has 0 aliphatic carbocycles. The summed E-state index contributed by atoms with van der Waals surface area (Å²) < 4.78 is 22.4. The highest BCUT2D eigenvalue weighted by molar-refractivity contribution is 6.72. The molecular weight excluding hydrogens is 549 g/mol. The number of nitrogens with one attached hydrogen (secondary N) is 1. The molecule has 4 rings (SSSR count). The third-order valence-electron chi connectivity index (χ3n) is 8.52. The second-order valence-electron chi connectivity index (χ2n) is 12.4. The van der Waals surface area contributed by atoms with Gasteiger partial charge in [0.15, 0.2) is 5.60 Å². The van der Waals surface area contributed by atoms with Gasteiger partial charge in [-0.2, -0.15) is 0 Å². The van der Waals surface area contributed by atoms with Crippen molar-refractivity contribution in [2.75, 3.05) is 29.1 Å². The maximum atomic E-state index is 15.8. The first-order valence-electron chi connectivity index (χ1n) is 14.7. The van der Waals surface area contributed by atoms with Crippen LogP contribution >= 0.6 is 0 Å². The maximum Gasteiger partial charge on any atom is 0.264 e. The molecule has 4 N–H and O–H groups in total. The third-order valence-corrected chi connectivity index (χ3v) is 11.0. The van der Waals surface area contributed by atoms with Crippen LogP contribution in [0.5, 0.6) is 0 Å². The van der Waals surface area contributed by atoms with Crippen LogP contribution in [0.25, 0.3) is 0 Å². The summed E-state index contributed by atoms with van der Waals surface area (Å²) in [6.45, 7) is 11.6. The lowest BCUT2D eigenvalue weighted by Crippen LogP contribution is -2.45. The minimum atomic E-state index is -3.31. The topological polar surface area (TPSA) is 105 Å². The van der Waals surface area contributed by atoms with Gasteiger partial charge in [0.2, 0.25) is 8.41 Å². The number of halogens is 1. The van der Waals surface area contributed by atoms with Crippen LogP contribution in [0.3, 0.4) is 0 Å². The number of ether oxygens (including phenoxy) is 1. The summed E-state index contributed by atoms with van der Waals surface area (Å²) in [5, 5.41) is 12.7. The minimum Gasteiger partial charge on any atom is -0.399 e. The van der Waals surface area contributed by atoms with Gasteiger partial charge in [0, 0.05) is 47.1 Å². The fourth-order valence-electron chi connectivity index (χ4n) is 6.48. The normalized spacial score (nSPS) is 23.8. The number of aliphatic hydroxyl groups is 1. The summed E-state index contributed by atoms with van der Waals surface area (Å²) in [4.78, 5) is 29.1. The highest BCUT2D eigenvalue weighted by Crippen LogP contribution is 2.60. The van der Waals surface area contributed by atoms with Crippen molar-refractivity contribution in [3.63, 3.8) is 0 Å². The highest BCUT2D eigenvalue weighted by Gasteiger charge is 2.66. The van der Waals surface area contributed by atoms with Crippen LogP contribution in [0.2, 0.25) is 18.6 Å². The number of aliphatic hydroxyl groups excluding tert-OH is 1. The molecule has 2 aliphatic heterocycles. The molecule has 2 aliphatic rings. The van der Waals surface area contributed by atoms with Crippen LogP contribution in [0.4, 0.5) is 21.2 Å². The van der Waals surface area contributed by atoms with E-state index in [1.54, 1.807) is 54.4 Å².